The Morgan fingerprint density at radius 2 is 1.82 bits per heavy atom. The summed E-state index contributed by atoms with van der Waals surface area (Å²) in [7, 11) is 0. The predicted octanol–water partition coefficient (Wildman–Crippen LogP) is 3.18. The first-order valence-corrected chi connectivity index (χ1v) is 3.87. The number of rotatable bonds is 3. The van der Waals surface area contributed by atoms with Crippen molar-refractivity contribution in [2.75, 3.05) is 0 Å². The van der Waals surface area contributed by atoms with E-state index in [9.17, 15) is 0 Å². The Kier molecular flexibility index (Phi) is 3.80. The van der Waals surface area contributed by atoms with Gasteiger partial charge in [-0.1, -0.05) is 32.1 Å². The minimum absolute atomic E-state index is 0.476. The number of allylic oxidation sites excluding steroid dienone is 3. The van der Waals surface area contributed by atoms with Gasteiger partial charge in [-0.2, -0.15) is 0 Å². The molecule has 0 aliphatic carbocycles. The highest BCUT2D eigenvalue weighted by Crippen LogP contribution is 2.10. The Labute approximate surface area is 69.3 Å². The first-order chi connectivity index (χ1) is 4.95. The molecule has 0 atom stereocenters. The molecule has 1 N–H and O–H groups in total. The molecule has 0 heterocycles. The lowest BCUT2D eigenvalue weighted by Gasteiger charge is -2.05. The van der Waals surface area contributed by atoms with E-state index in [-0.39, 0.29) is 0 Å². The summed E-state index contributed by atoms with van der Waals surface area (Å²) in [6, 6.07) is 0. The molecule has 0 saturated heterocycles. The van der Waals surface area contributed by atoms with Crippen molar-refractivity contribution in [1.29, 1.82) is 5.41 Å². The smallest absolute Gasteiger partial charge is 0.0312 e. The number of hydrogen-bond acceptors (Lipinski definition) is 1. The van der Waals surface area contributed by atoms with Gasteiger partial charge in [0.2, 0.25) is 0 Å². The Hall–Kier alpha value is -0.850. The highest BCUT2D eigenvalue weighted by molar-refractivity contribution is 5.95. The zero-order chi connectivity index (χ0) is 9.02. The van der Waals surface area contributed by atoms with Gasteiger partial charge in [-0.15, -0.1) is 0 Å². The van der Waals surface area contributed by atoms with Crippen LogP contribution >= 0.6 is 0 Å². The molecule has 1 heteroatoms. The Morgan fingerprint density at radius 1 is 1.36 bits per heavy atom. The third-order valence-electron chi connectivity index (χ3n) is 1.73. The summed E-state index contributed by atoms with van der Waals surface area (Å²) in [4.78, 5) is 0. The maximum atomic E-state index is 7.33. The molecule has 0 aliphatic heterocycles. The second-order valence-corrected chi connectivity index (χ2v) is 3.18. The van der Waals surface area contributed by atoms with Crippen molar-refractivity contribution in [2.45, 2.75) is 27.7 Å². The minimum atomic E-state index is 0.476. The number of hydrogen-bond donors (Lipinski definition) is 1. The van der Waals surface area contributed by atoms with Crippen molar-refractivity contribution in [1.82, 2.24) is 0 Å². The van der Waals surface area contributed by atoms with Gasteiger partial charge < -0.3 is 5.41 Å². The second-order valence-electron chi connectivity index (χ2n) is 3.18. The molecule has 0 unspecified atom stereocenters. The van der Waals surface area contributed by atoms with Crippen LogP contribution in [-0.2, 0) is 0 Å². The van der Waals surface area contributed by atoms with Crippen LogP contribution in [0.4, 0.5) is 0 Å². The molecule has 0 rings (SSSR count). The lowest BCUT2D eigenvalue weighted by molar-refractivity contribution is 0.794. The maximum absolute atomic E-state index is 7.33. The molecule has 0 amide bonds. The van der Waals surface area contributed by atoms with Crippen LogP contribution in [0.15, 0.2) is 23.8 Å². The molecule has 0 aromatic heterocycles. The molecule has 0 aromatic rings. The van der Waals surface area contributed by atoms with Crippen LogP contribution < -0.4 is 0 Å². The second kappa shape index (κ2) is 4.12. The largest absolute Gasteiger partial charge is 0.305 e. The van der Waals surface area contributed by atoms with Gasteiger partial charge in [0.25, 0.3) is 0 Å². The zero-order valence-corrected chi connectivity index (χ0v) is 7.86. The van der Waals surface area contributed by atoms with Crippen molar-refractivity contribution >= 4 is 5.71 Å². The molecule has 0 bridgehead atoms. The first-order valence-electron chi connectivity index (χ1n) is 3.87. The van der Waals surface area contributed by atoms with Crippen molar-refractivity contribution in [3.8, 4) is 0 Å². The van der Waals surface area contributed by atoms with Crippen molar-refractivity contribution in [3.05, 3.63) is 23.8 Å². The van der Waals surface area contributed by atoms with Gasteiger partial charge in [-0.05, 0) is 25.3 Å². The van der Waals surface area contributed by atoms with Gasteiger partial charge >= 0.3 is 0 Å². The predicted molar refractivity (Wildman–Crippen MR) is 51.1 cm³/mol. The fourth-order valence-corrected chi connectivity index (χ4v) is 0.553. The van der Waals surface area contributed by atoms with Crippen LogP contribution in [0.2, 0.25) is 0 Å². The Bertz CT molecular complexity index is 197. The number of nitrogens with one attached hydrogen (secondary N) is 1. The van der Waals surface area contributed by atoms with Crippen LogP contribution in [0.3, 0.4) is 0 Å². The van der Waals surface area contributed by atoms with E-state index in [0.29, 0.717) is 11.6 Å². The molecule has 0 spiro atoms. The Balaban J connectivity index is 4.32. The van der Waals surface area contributed by atoms with E-state index in [2.05, 4.69) is 20.4 Å². The van der Waals surface area contributed by atoms with Crippen molar-refractivity contribution < 1.29 is 0 Å². The molecule has 0 saturated carbocycles. The monoisotopic (exact) mass is 151 g/mol. The van der Waals surface area contributed by atoms with E-state index in [1.165, 1.54) is 0 Å². The third kappa shape index (κ3) is 3.76. The summed E-state index contributed by atoms with van der Waals surface area (Å²) in [5.74, 6) is 0.476. The standard InChI is InChI=1S/C10H17N/c1-7(2)8(3)6-9(4)10(5)11/h6-7,11H,3H2,1-2,4-5H3/b9-6-,11-10?. The van der Waals surface area contributed by atoms with E-state index < -0.39 is 0 Å². The topological polar surface area (TPSA) is 23.9 Å². The Morgan fingerprint density at radius 3 is 2.09 bits per heavy atom. The lowest BCUT2D eigenvalue weighted by atomic mass is 10.0. The van der Waals surface area contributed by atoms with E-state index in [0.717, 1.165) is 11.1 Å². The minimum Gasteiger partial charge on any atom is -0.305 e. The molecule has 11 heavy (non-hydrogen) atoms. The summed E-state index contributed by atoms with van der Waals surface area (Å²) < 4.78 is 0. The van der Waals surface area contributed by atoms with Crippen LogP contribution in [0, 0.1) is 11.3 Å². The van der Waals surface area contributed by atoms with Gasteiger partial charge in [0, 0.05) is 5.71 Å². The van der Waals surface area contributed by atoms with E-state index in [1.54, 1.807) is 6.92 Å². The highest BCUT2D eigenvalue weighted by Gasteiger charge is 1.97. The summed E-state index contributed by atoms with van der Waals surface area (Å²) >= 11 is 0. The van der Waals surface area contributed by atoms with Gasteiger partial charge in [0.1, 0.15) is 0 Å². The third-order valence-corrected chi connectivity index (χ3v) is 1.73. The molecular formula is C10H17N. The fourth-order valence-electron chi connectivity index (χ4n) is 0.553. The molecule has 0 aliphatic rings. The van der Waals surface area contributed by atoms with Crippen molar-refractivity contribution in [3.63, 3.8) is 0 Å². The van der Waals surface area contributed by atoms with Gasteiger partial charge in [-0.25, -0.2) is 0 Å². The summed E-state index contributed by atoms with van der Waals surface area (Å²) in [6.07, 6.45) is 1.98. The highest BCUT2D eigenvalue weighted by atomic mass is 14.4. The van der Waals surface area contributed by atoms with Crippen LogP contribution in [0.5, 0.6) is 0 Å². The SMILES string of the molecule is C=C(/C=C(/C)C(C)=N)C(C)C. The summed E-state index contributed by atoms with van der Waals surface area (Å²) in [5.41, 5.74) is 2.71. The van der Waals surface area contributed by atoms with E-state index in [4.69, 9.17) is 5.41 Å². The fraction of sp³-hybridized carbons (Fsp3) is 0.500. The van der Waals surface area contributed by atoms with Crippen LogP contribution in [0.25, 0.3) is 0 Å². The average molecular weight is 151 g/mol. The van der Waals surface area contributed by atoms with E-state index in [1.807, 2.05) is 13.0 Å². The molecule has 1 nitrogen and oxygen atoms in total. The first kappa shape index (κ1) is 10.2. The zero-order valence-electron chi connectivity index (χ0n) is 7.86. The molecule has 62 valence electrons. The maximum Gasteiger partial charge on any atom is 0.0312 e. The van der Waals surface area contributed by atoms with Crippen LogP contribution in [-0.4, -0.2) is 5.71 Å². The normalized spacial score (nSPS) is 11.9. The van der Waals surface area contributed by atoms with Gasteiger partial charge in [0.15, 0.2) is 0 Å². The lowest BCUT2D eigenvalue weighted by Crippen LogP contribution is -1.94. The summed E-state index contributed by atoms with van der Waals surface area (Å²) in [5, 5.41) is 7.33. The van der Waals surface area contributed by atoms with Gasteiger partial charge in [-0.3, -0.25) is 0 Å². The molecule has 0 radical (unpaired) electrons. The molecule has 0 aromatic carbocycles. The summed E-state index contributed by atoms with van der Waals surface area (Å²) in [6.45, 7) is 11.8. The quantitative estimate of drug-likeness (QED) is 0.473. The molecular weight excluding hydrogens is 134 g/mol. The average Bonchev–Trinajstić information content (AvgIpc) is 1.87. The molecule has 0 fully saturated rings. The van der Waals surface area contributed by atoms with E-state index >= 15 is 0 Å². The van der Waals surface area contributed by atoms with Crippen molar-refractivity contribution in [2.24, 2.45) is 5.92 Å². The van der Waals surface area contributed by atoms with Crippen LogP contribution in [0.1, 0.15) is 27.7 Å². The van der Waals surface area contributed by atoms with Gasteiger partial charge in [0.05, 0.1) is 0 Å².